The van der Waals surface area contributed by atoms with Gasteiger partial charge in [-0.1, -0.05) is 54.6 Å². The van der Waals surface area contributed by atoms with Crippen LogP contribution >= 0.6 is 0 Å². The van der Waals surface area contributed by atoms with Crippen molar-refractivity contribution in [3.63, 3.8) is 0 Å². The summed E-state index contributed by atoms with van der Waals surface area (Å²) in [6.07, 6.45) is 0. The quantitative estimate of drug-likeness (QED) is 0.194. The smallest absolute Gasteiger partial charge is 0.194 e. The van der Waals surface area contributed by atoms with Crippen LogP contribution in [0.4, 0.5) is 0 Å². The summed E-state index contributed by atoms with van der Waals surface area (Å²) in [6.45, 7) is 2.07. The third kappa shape index (κ3) is 1.88. The van der Waals surface area contributed by atoms with Gasteiger partial charge in [-0.05, 0) is 79.8 Å². The number of benzene rings is 8. The molecule has 0 saturated carbocycles. The first-order valence-corrected chi connectivity index (χ1v) is 11.2. The average Bonchev–Trinajstić information content (AvgIpc) is 2.85. The molecule has 0 saturated heterocycles. The normalized spacial score (nSPS) is 12.6. The van der Waals surface area contributed by atoms with E-state index >= 15 is 0 Å². The molecule has 0 unspecified atom stereocenters. The molecule has 0 aromatic heterocycles. The predicted octanol–water partition coefficient (Wildman–Crippen LogP) is 7.10. The fourth-order valence-corrected chi connectivity index (χ4v) is 6.24. The summed E-state index contributed by atoms with van der Waals surface area (Å²) in [5.41, 5.74) is 1.25. The summed E-state index contributed by atoms with van der Waals surface area (Å²) in [6, 6.07) is 26.4. The Morgan fingerprint density at radius 2 is 0.970 bits per heavy atom. The van der Waals surface area contributed by atoms with Gasteiger partial charge in [-0.25, -0.2) is 0 Å². The third-order valence-corrected chi connectivity index (χ3v) is 7.60. The van der Waals surface area contributed by atoms with Gasteiger partial charge in [-0.3, -0.25) is 9.59 Å². The fraction of sp³-hybridized carbons (Fsp3) is 0.0323. The second-order valence-electron chi connectivity index (χ2n) is 9.22. The van der Waals surface area contributed by atoms with Gasteiger partial charge in [0, 0.05) is 32.3 Å². The average molecular weight is 420 g/mol. The molecule has 0 N–H and O–H groups in total. The van der Waals surface area contributed by atoms with Crippen LogP contribution in [-0.2, 0) is 0 Å². The highest BCUT2D eigenvalue weighted by molar-refractivity contribution is 6.40. The lowest BCUT2D eigenvalue weighted by Crippen LogP contribution is -2.06. The van der Waals surface area contributed by atoms with Crippen molar-refractivity contribution in [1.82, 2.24) is 0 Å². The lowest BCUT2D eigenvalue weighted by molar-refractivity contribution is 1.54. The molecule has 0 heterocycles. The SMILES string of the molecule is Cc1cccc2c(=O)c3ccc4cc5c6ccccc6c(=O)c6ccc7cc(c12)c3c4c7c65. The molecule has 8 rings (SSSR count). The molecule has 152 valence electrons. The highest BCUT2D eigenvalue weighted by atomic mass is 16.1. The van der Waals surface area contributed by atoms with Gasteiger partial charge in [0.2, 0.25) is 0 Å². The number of rotatable bonds is 0. The molecule has 0 aliphatic rings. The van der Waals surface area contributed by atoms with E-state index in [1.165, 1.54) is 0 Å². The first-order chi connectivity index (χ1) is 16.1. The fourth-order valence-electron chi connectivity index (χ4n) is 6.24. The topological polar surface area (TPSA) is 34.1 Å². The molecule has 0 amide bonds. The molecule has 0 spiro atoms. The zero-order valence-corrected chi connectivity index (χ0v) is 17.8. The van der Waals surface area contributed by atoms with Crippen LogP contribution in [0.25, 0.3) is 75.4 Å². The second-order valence-corrected chi connectivity index (χ2v) is 9.22. The summed E-state index contributed by atoms with van der Waals surface area (Å²) in [4.78, 5) is 27.0. The van der Waals surface area contributed by atoms with Gasteiger partial charge in [0.25, 0.3) is 0 Å². The van der Waals surface area contributed by atoms with Crippen molar-refractivity contribution >= 4 is 75.4 Å². The first-order valence-electron chi connectivity index (χ1n) is 11.2. The molecular formula is C31H16O2. The Kier molecular flexibility index (Phi) is 2.90. The summed E-state index contributed by atoms with van der Waals surface area (Å²) < 4.78 is 0. The molecule has 8 aromatic rings. The van der Waals surface area contributed by atoms with Gasteiger partial charge in [-0.2, -0.15) is 0 Å². The minimum Gasteiger partial charge on any atom is -0.289 e. The Morgan fingerprint density at radius 3 is 1.70 bits per heavy atom. The van der Waals surface area contributed by atoms with Crippen molar-refractivity contribution in [3.05, 3.63) is 105 Å². The molecule has 0 radical (unpaired) electrons. The number of aryl methyl sites for hydroxylation is 1. The Labute approximate surface area is 187 Å². The minimum absolute atomic E-state index is 0.0702. The molecule has 2 nitrogen and oxygen atoms in total. The van der Waals surface area contributed by atoms with E-state index in [9.17, 15) is 9.59 Å². The molecule has 0 fully saturated rings. The van der Waals surface area contributed by atoms with E-state index < -0.39 is 0 Å². The maximum absolute atomic E-state index is 13.5. The van der Waals surface area contributed by atoms with Crippen molar-refractivity contribution in [2.45, 2.75) is 6.92 Å². The lowest BCUT2D eigenvalue weighted by atomic mass is 9.83. The maximum atomic E-state index is 13.5. The van der Waals surface area contributed by atoms with Gasteiger partial charge >= 0.3 is 0 Å². The summed E-state index contributed by atoms with van der Waals surface area (Å²) in [5.74, 6) is 0. The van der Waals surface area contributed by atoms with Crippen molar-refractivity contribution in [3.8, 4) is 0 Å². The van der Waals surface area contributed by atoms with E-state index in [1.54, 1.807) is 0 Å². The number of fused-ring (bicyclic) bond motifs is 4. The Balaban J connectivity index is 1.81. The van der Waals surface area contributed by atoms with Crippen LogP contribution in [-0.4, -0.2) is 0 Å². The van der Waals surface area contributed by atoms with E-state index in [4.69, 9.17) is 0 Å². The summed E-state index contributed by atoms with van der Waals surface area (Å²) in [7, 11) is 0. The zero-order chi connectivity index (χ0) is 22.0. The van der Waals surface area contributed by atoms with Crippen molar-refractivity contribution < 1.29 is 0 Å². The van der Waals surface area contributed by atoms with Crippen LogP contribution < -0.4 is 10.9 Å². The molecule has 0 bridgehead atoms. The van der Waals surface area contributed by atoms with E-state index in [0.29, 0.717) is 0 Å². The largest absolute Gasteiger partial charge is 0.289 e. The summed E-state index contributed by atoms with van der Waals surface area (Å²) >= 11 is 0. The van der Waals surface area contributed by atoms with Crippen LogP contribution in [0.5, 0.6) is 0 Å². The van der Waals surface area contributed by atoms with Gasteiger partial charge in [0.05, 0.1) is 0 Å². The van der Waals surface area contributed by atoms with E-state index in [-0.39, 0.29) is 10.9 Å². The molecule has 33 heavy (non-hydrogen) atoms. The Bertz CT molecular complexity index is 2220. The maximum Gasteiger partial charge on any atom is 0.194 e. The highest BCUT2D eigenvalue weighted by Gasteiger charge is 2.21. The monoisotopic (exact) mass is 420 g/mol. The van der Waals surface area contributed by atoms with Crippen LogP contribution in [0, 0.1) is 6.92 Å². The van der Waals surface area contributed by atoms with Gasteiger partial charge < -0.3 is 0 Å². The molecule has 0 aliphatic heterocycles. The third-order valence-electron chi connectivity index (χ3n) is 7.60. The highest BCUT2D eigenvalue weighted by Crippen LogP contribution is 2.45. The second kappa shape index (κ2) is 5.54. The standard InChI is InChI=1S/C31H16O2/c1-15-5-4-8-20-25(15)24-14-17-10-11-21-28-23(18-6-2-3-7-19(18)30(21)32)13-16-9-12-22(31(20)33)29(24)27(16)26(17)28/h2-14H,1H3. The van der Waals surface area contributed by atoms with Gasteiger partial charge in [0.15, 0.2) is 10.9 Å². The summed E-state index contributed by atoms with van der Waals surface area (Å²) in [5, 5.41) is 13.7. The van der Waals surface area contributed by atoms with Crippen LogP contribution in [0.2, 0.25) is 0 Å². The van der Waals surface area contributed by atoms with Crippen LogP contribution in [0.15, 0.2) is 88.5 Å². The number of hydrogen-bond donors (Lipinski definition) is 0. The van der Waals surface area contributed by atoms with Crippen molar-refractivity contribution in [2.75, 3.05) is 0 Å². The van der Waals surface area contributed by atoms with E-state index in [1.807, 2.05) is 48.5 Å². The molecule has 0 atom stereocenters. The van der Waals surface area contributed by atoms with E-state index in [0.717, 1.165) is 81.0 Å². The molecule has 0 aliphatic carbocycles. The lowest BCUT2D eigenvalue weighted by Gasteiger charge is -2.19. The van der Waals surface area contributed by atoms with Crippen molar-refractivity contribution in [2.24, 2.45) is 0 Å². The molecule has 8 aromatic carbocycles. The first kappa shape index (κ1) is 17.3. The van der Waals surface area contributed by atoms with E-state index in [2.05, 4.69) is 37.3 Å². The Morgan fingerprint density at radius 1 is 0.424 bits per heavy atom. The zero-order valence-electron chi connectivity index (χ0n) is 17.8. The van der Waals surface area contributed by atoms with Crippen LogP contribution in [0.3, 0.4) is 0 Å². The molecule has 2 heteroatoms. The molecular weight excluding hydrogens is 404 g/mol. The number of hydrogen-bond acceptors (Lipinski definition) is 2. The van der Waals surface area contributed by atoms with Crippen LogP contribution in [0.1, 0.15) is 5.56 Å². The predicted molar refractivity (Wildman–Crippen MR) is 140 cm³/mol. The van der Waals surface area contributed by atoms with Gasteiger partial charge in [-0.15, -0.1) is 0 Å². The van der Waals surface area contributed by atoms with Gasteiger partial charge in [0.1, 0.15) is 0 Å². The Hall–Kier alpha value is -4.30. The van der Waals surface area contributed by atoms with Crippen molar-refractivity contribution in [1.29, 1.82) is 0 Å². The minimum atomic E-state index is 0.0702.